The summed E-state index contributed by atoms with van der Waals surface area (Å²) in [7, 11) is -3.58. The second-order valence-corrected chi connectivity index (χ2v) is 10.3. The molecule has 1 atom stereocenters. The number of anilines is 1. The van der Waals surface area contributed by atoms with E-state index in [1.807, 2.05) is 0 Å². The predicted molar refractivity (Wildman–Crippen MR) is 121 cm³/mol. The largest absolute Gasteiger partial charge is 0.330 e. The van der Waals surface area contributed by atoms with Crippen molar-refractivity contribution >= 4 is 62.1 Å². The summed E-state index contributed by atoms with van der Waals surface area (Å²) in [5.74, 6) is -0.340. The number of rotatable bonds is 4. The van der Waals surface area contributed by atoms with Crippen LogP contribution in [0.4, 0.5) is 5.69 Å². The Morgan fingerprint density at radius 3 is 2.68 bits per heavy atom. The molecule has 0 unspecified atom stereocenters. The number of aromatic nitrogens is 3. The number of sulfonamides is 1. The molecule has 4 rings (SSSR count). The number of amides is 1. The number of halogens is 3. The van der Waals surface area contributed by atoms with Crippen LogP contribution in [0.25, 0.3) is 5.65 Å². The van der Waals surface area contributed by atoms with Gasteiger partial charge in [-0.15, -0.1) is 0 Å². The average molecular weight is 503 g/mol. The molecular formula is C19H18Cl3N5O3S. The Kier molecular flexibility index (Phi) is 6.04. The number of nitrogens with zero attached hydrogens (tertiary/aromatic N) is 4. The van der Waals surface area contributed by atoms with Crippen molar-refractivity contribution in [1.29, 1.82) is 0 Å². The molecule has 3 heterocycles. The van der Waals surface area contributed by atoms with Crippen molar-refractivity contribution in [2.45, 2.75) is 25.3 Å². The van der Waals surface area contributed by atoms with E-state index >= 15 is 0 Å². The minimum absolute atomic E-state index is 0.174. The molecule has 1 aliphatic heterocycles. The molecule has 1 amide bonds. The molecule has 12 heteroatoms. The van der Waals surface area contributed by atoms with Crippen molar-refractivity contribution in [3.8, 4) is 0 Å². The van der Waals surface area contributed by atoms with Crippen LogP contribution in [0.3, 0.4) is 0 Å². The van der Waals surface area contributed by atoms with Gasteiger partial charge in [-0.05, 0) is 37.5 Å². The van der Waals surface area contributed by atoms with Crippen LogP contribution in [-0.4, -0.2) is 46.6 Å². The van der Waals surface area contributed by atoms with Gasteiger partial charge in [0.1, 0.15) is 10.3 Å². The van der Waals surface area contributed by atoms with Gasteiger partial charge in [-0.2, -0.15) is 5.10 Å². The van der Waals surface area contributed by atoms with Crippen molar-refractivity contribution < 1.29 is 13.2 Å². The number of benzene rings is 1. The zero-order valence-corrected chi connectivity index (χ0v) is 19.4. The summed E-state index contributed by atoms with van der Waals surface area (Å²) in [5, 5.41) is 5.42. The number of carbonyl (C=O) groups excluding carboxylic acids is 1. The highest BCUT2D eigenvalue weighted by Crippen LogP contribution is 2.34. The molecule has 2 aromatic heterocycles. The molecule has 3 aromatic rings. The molecule has 1 N–H and O–H groups in total. The fourth-order valence-corrected chi connectivity index (χ4v) is 4.93. The number of hydrogen-bond acceptors (Lipinski definition) is 5. The highest BCUT2D eigenvalue weighted by molar-refractivity contribution is 7.92. The minimum Gasteiger partial charge on any atom is -0.330 e. The van der Waals surface area contributed by atoms with Crippen LogP contribution in [0.1, 0.15) is 41.4 Å². The number of piperidine rings is 1. The Morgan fingerprint density at radius 1 is 1.16 bits per heavy atom. The third-order valence-electron chi connectivity index (χ3n) is 4.98. The van der Waals surface area contributed by atoms with Crippen LogP contribution in [0.5, 0.6) is 0 Å². The smallest absolute Gasteiger partial charge is 0.256 e. The van der Waals surface area contributed by atoms with Gasteiger partial charge in [-0.1, -0.05) is 34.8 Å². The topological polar surface area (TPSA) is 96.7 Å². The standard InChI is InChI=1S/C19H18Cl3N5O3S/c1-31(29,30)25-13-6-5-11(20)8-12(13)19(28)26-7-3-2-4-15(26)14-9-18-23-16(21)10-17(22)27(18)24-14/h5-6,8-10,15,25H,2-4,7H2,1H3/t15-/m0/s1. The first-order chi connectivity index (χ1) is 14.6. The average Bonchev–Trinajstić information content (AvgIpc) is 3.12. The fraction of sp³-hybridized carbons (Fsp3) is 0.316. The van der Waals surface area contributed by atoms with Gasteiger partial charge in [0.05, 0.1) is 29.2 Å². The van der Waals surface area contributed by atoms with Crippen LogP contribution in [0.2, 0.25) is 15.3 Å². The molecule has 1 saturated heterocycles. The Balaban J connectivity index is 1.74. The van der Waals surface area contributed by atoms with Crippen molar-refractivity contribution in [3.63, 3.8) is 0 Å². The monoisotopic (exact) mass is 501 g/mol. The van der Waals surface area contributed by atoms with Gasteiger partial charge in [0.2, 0.25) is 10.0 Å². The van der Waals surface area contributed by atoms with Crippen LogP contribution in [0.15, 0.2) is 30.3 Å². The summed E-state index contributed by atoms with van der Waals surface area (Å²) in [5.41, 5.74) is 1.46. The van der Waals surface area contributed by atoms with E-state index in [4.69, 9.17) is 34.8 Å². The first kappa shape index (κ1) is 22.1. The lowest BCUT2D eigenvalue weighted by Crippen LogP contribution is -2.39. The van der Waals surface area contributed by atoms with Gasteiger partial charge in [-0.3, -0.25) is 9.52 Å². The Morgan fingerprint density at radius 2 is 1.94 bits per heavy atom. The number of fused-ring (bicyclic) bond motifs is 1. The first-order valence-electron chi connectivity index (χ1n) is 9.42. The van der Waals surface area contributed by atoms with Gasteiger partial charge in [0.25, 0.3) is 5.91 Å². The lowest BCUT2D eigenvalue weighted by Gasteiger charge is -2.35. The summed E-state index contributed by atoms with van der Waals surface area (Å²) < 4.78 is 27.4. The van der Waals surface area contributed by atoms with Crippen molar-refractivity contribution in [2.75, 3.05) is 17.5 Å². The number of nitrogens with one attached hydrogen (secondary N) is 1. The van der Waals surface area contributed by atoms with E-state index in [9.17, 15) is 13.2 Å². The Labute approximate surface area is 194 Å². The van der Waals surface area contributed by atoms with Crippen molar-refractivity contribution in [1.82, 2.24) is 19.5 Å². The third kappa shape index (κ3) is 4.74. The SMILES string of the molecule is CS(=O)(=O)Nc1ccc(Cl)cc1C(=O)N1CCCC[C@H]1c1cc2nc(Cl)cc(Cl)n2n1. The van der Waals surface area contributed by atoms with Gasteiger partial charge in [-0.25, -0.2) is 17.9 Å². The number of carbonyl (C=O) groups is 1. The normalized spacial score (nSPS) is 17.2. The van der Waals surface area contributed by atoms with E-state index in [0.29, 0.717) is 34.5 Å². The van der Waals surface area contributed by atoms with E-state index in [2.05, 4.69) is 14.8 Å². The van der Waals surface area contributed by atoms with Gasteiger partial charge in [0.15, 0.2) is 5.65 Å². The molecule has 31 heavy (non-hydrogen) atoms. The molecule has 0 radical (unpaired) electrons. The molecule has 1 fully saturated rings. The number of likely N-dealkylation sites (tertiary alicyclic amines) is 1. The van der Waals surface area contributed by atoms with E-state index < -0.39 is 10.0 Å². The molecule has 0 spiro atoms. The zero-order chi connectivity index (χ0) is 22.3. The predicted octanol–water partition coefficient (Wildman–Crippen LogP) is 4.43. The van der Waals surface area contributed by atoms with Crippen LogP contribution < -0.4 is 4.72 Å². The highest BCUT2D eigenvalue weighted by Gasteiger charge is 2.32. The third-order valence-corrected chi connectivity index (χ3v) is 6.27. The molecule has 0 aliphatic carbocycles. The maximum Gasteiger partial charge on any atom is 0.256 e. The molecule has 0 saturated carbocycles. The summed E-state index contributed by atoms with van der Waals surface area (Å²) in [6, 6.07) is 7.38. The summed E-state index contributed by atoms with van der Waals surface area (Å²) >= 11 is 18.3. The quantitative estimate of drug-likeness (QED) is 0.532. The molecule has 8 nitrogen and oxygen atoms in total. The van der Waals surface area contributed by atoms with E-state index in [0.717, 1.165) is 19.1 Å². The van der Waals surface area contributed by atoms with Crippen LogP contribution in [-0.2, 0) is 10.0 Å². The van der Waals surface area contributed by atoms with Crippen molar-refractivity contribution in [2.24, 2.45) is 0 Å². The molecule has 0 bridgehead atoms. The molecule has 164 valence electrons. The summed E-state index contributed by atoms with van der Waals surface area (Å²) in [6.45, 7) is 0.490. The fourth-order valence-electron chi connectivity index (χ4n) is 3.71. The molecule has 1 aromatic carbocycles. The van der Waals surface area contributed by atoms with Crippen LogP contribution >= 0.6 is 34.8 Å². The Bertz CT molecular complexity index is 1280. The highest BCUT2D eigenvalue weighted by atomic mass is 35.5. The van der Waals surface area contributed by atoms with E-state index in [1.165, 1.54) is 28.8 Å². The molecule has 1 aliphatic rings. The summed E-state index contributed by atoms with van der Waals surface area (Å²) in [6.07, 6.45) is 3.44. The number of hydrogen-bond donors (Lipinski definition) is 1. The van der Waals surface area contributed by atoms with Gasteiger partial charge >= 0.3 is 0 Å². The zero-order valence-electron chi connectivity index (χ0n) is 16.3. The Hall–Kier alpha value is -2.07. The first-order valence-corrected chi connectivity index (χ1v) is 12.4. The van der Waals surface area contributed by atoms with E-state index in [1.54, 1.807) is 11.0 Å². The lowest BCUT2D eigenvalue weighted by atomic mass is 9.98. The maximum absolute atomic E-state index is 13.5. The second-order valence-electron chi connectivity index (χ2n) is 7.32. The minimum atomic E-state index is -3.58. The van der Waals surface area contributed by atoms with Gasteiger partial charge < -0.3 is 4.90 Å². The van der Waals surface area contributed by atoms with Crippen LogP contribution in [0, 0.1) is 0 Å². The second kappa shape index (κ2) is 8.46. The maximum atomic E-state index is 13.5. The lowest BCUT2D eigenvalue weighted by molar-refractivity contribution is 0.0607. The van der Waals surface area contributed by atoms with Crippen molar-refractivity contribution in [3.05, 3.63) is 56.9 Å². The van der Waals surface area contributed by atoms with Gasteiger partial charge in [0, 0.05) is 23.7 Å². The molecular weight excluding hydrogens is 485 g/mol. The summed E-state index contributed by atoms with van der Waals surface area (Å²) in [4.78, 5) is 19.4. The van der Waals surface area contributed by atoms with E-state index in [-0.39, 0.29) is 28.4 Å².